The maximum absolute atomic E-state index is 3.71. The number of hydrogen-bond donors (Lipinski definition) is 1. The maximum atomic E-state index is 3.71. The fourth-order valence-electron chi connectivity index (χ4n) is 4.07. The summed E-state index contributed by atoms with van der Waals surface area (Å²) in [6.45, 7) is 6.03. The van der Waals surface area contributed by atoms with E-state index < -0.39 is 0 Å². The number of rotatable bonds is 2. The normalized spacial score (nSPS) is 27.7. The van der Waals surface area contributed by atoms with Crippen molar-refractivity contribution in [1.29, 1.82) is 0 Å². The molecule has 21 heavy (non-hydrogen) atoms. The van der Waals surface area contributed by atoms with E-state index in [0.29, 0.717) is 6.04 Å². The van der Waals surface area contributed by atoms with Crippen molar-refractivity contribution in [2.75, 3.05) is 19.6 Å². The van der Waals surface area contributed by atoms with Crippen LogP contribution in [0.3, 0.4) is 0 Å². The molecule has 2 fully saturated rings. The van der Waals surface area contributed by atoms with Crippen LogP contribution in [0.15, 0.2) is 42.5 Å². The van der Waals surface area contributed by atoms with Crippen LogP contribution in [0.5, 0.6) is 0 Å². The van der Waals surface area contributed by atoms with Gasteiger partial charge in [-0.15, -0.1) is 0 Å². The Morgan fingerprint density at radius 2 is 1.95 bits per heavy atom. The van der Waals surface area contributed by atoms with Gasteiger partial charge in [-0.1, -0.05) is 36.4 Å². The van der Waals surface area contributed by atoms with Crippen LogP contribution >= 0.6 is 0 Å². The van der Waals surface area contributed by atoms with E-state index in [4.69, 9.17) is 0 Å². The average Bonchev–Trinajstić information content (AvgIpc) is 2.97. The molecule has 2 heteroatoms. The summed E-state index contributed by atoms with van der Waals surface area (Å²) in [6.07, 6.45) is 2.75. The van der Waals surface area contributed by atoms with Crippen LogP contribution in [0, 0.1) is 5.92 Å². The van der Waals surface area contributed by atoms with Crippen LogP contribution in [0.4, 0.5) is 0 Å². The molecule has 110 valence electrons. The zero-order valence-corrected chi connectivity index (χ0v) is 12.8. The molecular weight excluding hydrogens is 256 g/mol. The van der Waals surface area contributed by atoms with Gasteiger partial charge in [0.15, 0.2) is 0 Å². The Kier molecular flexibility index (Phi) is 3.44. The van der Waals surface area contributed by atoms with E-state index in [1.54, 1.807) is 0 Å². The van der Waals surface area contributed by atoms with Crippen LogP contribution in [0.2, 0.25) is 0 Å². The molecule has 0 spiro atoms. The SMILES string of the molecule is CC(c1ccc2ccccc2c1)N1CC2CCCNC2C1. The molecule has 2 aliphatic heterocycles. The Morgan fingerprint density at radius 3 is 2.81 bits per heavy atom. The first-order valence-electron chi connectivity index (χ1n) is 8.27. The van der Waals surface area contributed by atoms with Gasteiger partial charge in [-0.05, 0) is 54.6 Å². The second kappa shape index (κ2) is 5.43. The minimum atomic E-state index is 0.516. The summed E-state index contributed by atoms with van der Waals surface area (Å²) in [7, 11) is 0. The van der Waals surface area contributed by atoms with Gasteiger partial charge in [-0.2, -0.15) is 0 Å². The minimum Gasteiger partial charge on any atom is -0.312 e. The summed E-state index contributed by atoms with van der Waals surface area (Å²) in [4.78, 5) is 2.66. The number of hydrogen-bond acceptors (Lipinski definition) is 2. The predicted octanol–water partition coefficient (Wildman–Crippen LogP) is 3.58. The lowest BCUT2D eigenvalue weighted by atomic mass is 9.94. The molecule has 3 unspecified atom stereocenters. The Balaban J connectivity index is 1.57. The van der Waals surface area contributed by atoms with Gasteiger partial charge in [-0.25, -0.2) is 0 Å². The molecule has 3 atom stereocenters. The lowest BCUT2D eigenvalue weighted by molar-refractivity contribution is 0.251. The van der Waals surface area contributed by atoms with Gasteiger partial charge in [0.2, 0.25) is 0 Å². The minimum absolute atomic E-state index is 0.516. The molecule has 2 nitrogen and oxygen atoms in total. The fraction of sp³-hybridized carbons (Fsp3) is 0.474. The highest BCUT2D eigenvalue weighted by Gasteiger charge is 2.36. The van der Waals surface area contributed by atoms with Crippen molar-refractivity contribution < 1.29 is 0 Å². The first-order valence-corrected chi connectivity index (χ1v) is 8.27. The van der Waals surface area contributed by atoms with E-state index in [1.165, 1.54) is 48.8 Å². The topological polar surface area (TPSA) is 15.3 Å². The summed E-state index contributed by atoms with van der Waals surface area (Å²) >= 11 is 0. The van der Waals surface area contributed by atoms with Gasteiger partial charge >= 0.3 is 0 Å². The lowest BCUT2D eigenvalue weighted by Gasteiger charge is -2.25. The molecule has 0 aromatic heterocycles. The van der Waals surface area contributed by atoms with Gasteiger partial charge < -0.3 is 5.32 Å². The molecule has 0 aliphatic carbocycles. The quantitative estimate of drug-likeness (QED) is 0.904. The van der Waals surface area contributed by atoms with Crippen molar-refractivity contribution in [3.8, 4) is 0 Å². The average molecular weight is 280 g/mol. The van der Waals surface area contributed by atoms with Crippen molar-refractivity contribution in [2.45, 2.75) is 31.8 Å². The van der Waals surface area contributed by atoms with Crippen LogP contribution in [-0.4, -0.2) is 30.6 Å². The molecule has 2 aliphatic rings. The third-order valence-corrected chi connectivity index (χ3v) is 5.43. The number of nitrogens with one attached hydrogen (secondary N) is 1. The van der Waals surface area contributed by atoms with E-state index in [1.807, 2.05) is 0 Å². The highest BCUT2D eigenvalue weighted by atomic mass is 15.2. The van der Waals surface area contributed by atoms with E-state index in [0.717, 1.165) is 12.0 Å². The largest absolute Gasteiger partial charge is 0.312 e. The van der Waals surface area contributed by atoms with E-state index in [9.17, 15) is 0 Å². The molecule has 0 amide bonds. The van der Waals surface area contributed by atoms with E-state index >= 15 is 0 Å². The zero-order chi connectivity index (χ0) is 14.2. The molecular formula is C19H24N2. The summed E-state index contributed by atoms with van der Waals surface area (Å²) < 4.78 is 0. The zero-order valence-electron chi connectivity index (χ0n) is 12.8. The molecule has 0 saturated carbocycles. The Hall–Kier alpha value is -1.38. The summed E-state index contributed by atoms with van der Waals surface area (Å²) in [5.41, 5.74) is 1.45. The lowest BCUT2D eigenvalue weighted by Crippen LogP contribution is -2.40. The smallest absolute Gasteiger partial charge is 0.0320 e. The second-order valence-electron chi connectivity index (χ2n) is 6.70. The Bertz CT molecular complexity index is 622. The third-order valence-electron chi connectivity index (χ3n) is 5.43. The standard InChI is InChI=1S/C19H24N2/c1-14(21-12-18-7-4-10-20-19(18)13-21)16-9-8-15-5-2-3-6-17(15)11-16/h2-3,5-6,8-9,11,14,18-20H,4,7,10,12-13H2,1H3. The number of nitrogens with zero attached hydrogens (tertiary/aromatic N) is 1. The van der Waals surface area contributed by atoms with Crippen LogP contribution < -0.4 is 5.32 Å². The van der Waals surface area contributed by atoms with E-state index in [2.05, 4.69) is 59.6 Å². The maximum Gasteiger partial charge on any atom is 0.0320 e. The third kappa shape index (κ3) is 2.47. The summed E-state index contributed by atoms with van der Waals surface area (Å²) in [5, 5.41) is 6.40. The van der Waals surface area contributed by atoms with Gasteiger partial charge in [0.25, 0.3) is 0 Å². The predicted molar refractivity (Wildman–Crippen MR) is 88.5 cm³/mol. The van der Waals surface area contributed by atoms with Crippen LogP contribution in [0.25, 0.3) is 10.8 Å². The number of piperidine rings is 1. The van der Waals surface area contributed by atoms with Crippen LogP contribution in [-0.2, 0) is 0 Å². The summed E-state index contributed by atoms with van der Waals surface area (Å²) in [5.74, 6) is 0.863. The van der Waals surface area contributed by atoms with Crippen molar-refractivity contribution >= 4 is 10.8 Å². The van der Waals surface area contributed by atoms with E-state index in [-0.39, 0.29) is 0 Å². The number of likely N-dealkylation sites (tertiary alicyclic amines) is 1. The molecule has 2 aromatic carbocycles. The number of fused-ring (bicyclic) bond motifs is 2. The Labute approximate surface area is 127 Å². The first kappa shape index (κ1) is 13.3. The molecule has 2 heterocycles. The molecule has 2 saturated heterocycles. The molecule has 4 rings (SSSR count). The Morgan fingerprint density at radius 1 is 1.10 bits per heavy atom. The molecule has 0 bridgehead atoms. The molecule has 2 aromatic rings. The fourth-order valence-corrected chi connectivity index (χ4v) is 4.07. The van der Waals surface area contributed by atoms with Gasteiger partial charge in [0.05, 0.1) is 0 Å². The highest BCUT2D eigenvalue weighted by Crippen LogP contribution is 2.32. The summed E-state index contributed by atoms with van der Waals surface area (Å²) in [6, 6.07) is 16.8. The second-order valence-corrected chi connectivity index (χ2v) is 6.70. The van der Waals surface area contributed by atoms with Crippen molar-refractivity contribution in [3.63, 3.8) is 0 Å². The van der Waals surface area contributed by atoms with Crippen molar-refractivity contribution in [3.05, 3.63) is 48.0 Å². The van der Waals surface area contributed by atoms with Crippen molar-refractivity contribution in [1.82, 2.24) is 10.2 Å². The number of benzene rings is 2. The molecule has 0 radical (unpaired) electrons. The highest BCUT2D eigenvalue weighted by molar-refractivity contribution is 5.83. The van der Waals surface area contributed by atoms with Crippen molar-refractivity contribution in [2.24, 2.45) is 5.92 Å². The van der Waals surface area contributed by atoms with Crippen LogP contribution in [0.1, 0.15) is 31.4 Å². The first-order chi connectivity index (χ1) is 10.3. The molecule has 1 N–H and O–H groups in total. The van der Waals surface area contributed by atoms with Gasteiger partial charge in [0, 0.05) is 25.2 Å². The monoisotopic (exact) mass is 280 g/mol. The van der Waals surface area contributed by atoms with Gasteiger partial charge in [0.1, 0.15) is 0 Å². The van der Waals surface area contributed by atoms with Gasteiger partial charge in [-0.3, -0.25) is 4.90 Å².